The van der Waals surface area contributed by atoms with Crippen LogP contribution in [0.2, 0.25) is 0 Å². The fourth-order valence-electron chi connectivity index (χ4n) is 2.49. The second-order valence-electron chi connectivity index (χ2n) is 5.66. The molecule has 3 rings (SSSR count). The van der Waals surface area contributed by atoms with Crippen LogP contribution in [0.4, 0.5) is 5.69 Å². The molecule has 0 saturated carbocycles. The topological polar surface area (TPSA) is 90.1 Å². The zero-order chi connectivity index (χ0) is 18.7. The maximum atomic E-state index is 12.5. The minimum Gasteiger partial charge on any atom is -0.345 e. The molecule has 1 heterocycles. The molecule has 0 aliphatic carbocycles. The van der Waals surface area contributed by atoms with E-state index in [0.29, 0.717) is 11.3 Å². The van der Waals surface area contributed by atoms with Crippen LogP contribution >= 0.6 is 15.9 Å². The molecule has 1 amide bonds. The largest absolute Gasteiger partial charge is 0.345 e. The maximum Gasteiger partial charge on any atom is 0.269 e. The molecule has 1 aromatic heterocycles. The highest BCUT2D eigenvalue weighted by molar-refractivity contribution is 9.10. The van der Waals surface area contributed by atoms with Crippen molar-refractivity contribution >= 4 is 27.5 Å². The SMILES string of the molecule is CC(NC(=O)c1cnn(-c2ccc([N+](=O)[O-])cc2)c1)c1ccccc1Br. The van der Waals surface area contributed by atoms with Gasteiger partial charge in [0.1, 0.15) is 0 Å². The lowest BCUT2D eigenvalue weighted by atomic mass is 10.1. The van der Waals surface area contributed by atoms with Crippen LogP contribution in [0.1, 0.15) is 28.9 Å². The molecular weight excluding hydrogens is 400 g/mol. The third-order valence-corrected chi connectivity index (χ3v) is 4.61. The predicted octanol–water partition coefficient (Wildman–Crippen LogP) is 4.03. The number of nitrogens with one attached hydrogen (secondary N) is 1. The number of benzene rings is 2. The molecule has 3 aromatic rings. The summed E-state index contributed by atoms with van der Waals surface area (Å²) in [6.07, 6.45) is 3.05. The third kappa shape index (κ3) is 3.80. The van der Waals surface area contributed by atoms with Crippen LogP contribution in [0, 0.1) is 10.1 Å². The summed E-state index contributed by atoms with van der Waals surface area (Å²) in [6, 6.07) is 13.5. The van der Waals surface area contributed by atoms with Crippen LogP contribution in [0.3, 0.4) is 0 Å². The van der Waals surface area contributed by atoms with Gasteiger partial charge in [0.15, 0.2) is 0 Å². The highest BCUT2D eigenvalue weighted by atomic mass is 79.9. The van der Waals surface area contributed by atoms with Crippen molar-refractivity contribution in [1.29, 1.82) is 0 Å². The van der Waals surface area contributed by atoms with Gasteiger partial charge in [-0.25, -0.2) is 4.68 Å². The Bertz CT molecular complexity index is 953. The molecule has 26 heavy (non-hydrogen) atoms. The molecule has 132 valence electrons. The Morgan fingerprint density at radius 2 is 1.92 bits per heavy atom. The van der Waals surface area contributed by atoms with Gasteiger partial charge in [-0.15, -0.1) is 0 Å². The molecule has 0 fully saturated rings. The molecule has 0 aliphatic rings. The standard InChI is InChI=1S/C18H15BrN4O3/c1-12(16-4-2-3-5-17(16)19)21-18(24)13-10-20-22(11-13)14-6-8-15(9-7-14)23(25)26/h2-12H,1H3,(H,21,24). The van der Waals surface area contributed by atoms with Crippen LogP contribution in [0.5, 0.6) is 0 Å². The second-order valence-corrected chi connectivity index (χ2v) is 6.52. The summed E-state index contributed by atoms with van der Waals surface area (Å²) >= 11 is 3.48. The molecule has 7 nitrogen and oxygen atoms in total. The third-order valence-electron chi connectivity index (χ3n) is 3.89. The van der Waals surface area contributed by atoms with Gasteiger partial charge in [0.25, 0.3) is 11.6 Å². The molecule has 1 N–H and O–H groups in total. The molecule has 2 aromatic carbocycles. The molecule has 1 unspecified atom stereocenters. The van der Waals surface area contributed by atoms with Gasteiger partial charge in [-0.1, -0.05) is 34.1 Å². The number of amides is 1. The summed E-state index contributed by atoms with van der Waals surface area (Å²) in [5.74, 6) is -0.249. The van der Waals surface area contributed by atoms with Crippen molar-refractivity contribution in [2.75, 3.05) is 0 Å². The Hall–Kier alpha value is -3.00. The minimum absolute atomic E-state index is 0.00105. The monoisotopic (exact) mass is 414 g/mol. The van der Waals surface area contributed by atoms with E-state index in [0.717, 1.165) is 10.0 Å². The van der Waals surface area contributed by atoms with Gasteiger partial charge >= 0.3 is 0 Å². The number of nitrogens with zero attached hydrogens (tertiary/aromatic N) is 3. The van der Waals surface area contributed by atoms with Crippen LogP contribution in [-0.2, 0) is 0 Å². The van der Waals surface area contributed by atoms with E-state index >= 15 is 0 Å². The average Bonchev–Trinajstić information content (AvgIpc) is 3.12. The first kappa shape index (κ1) is 17.8. The summed E-state index contributed by atoms with van der Waals surface area (Å²) in [7, 11) is 0. The molecule has 0 aliphatic heterocycles. The number of halogens is 1. The van der Waals surface area contributed by atoms with Gasteiger partial charge in [-0.2, -0.15) is 5.10 Å². The smallest absolute Gasteiger partial charge is 0.269 e. The first-order valence-electron chi connectivity index (χ1n) is 7.80. The Labute approximate surface area is 157 Å². The van der Waals surface area contributed by atoms with Gasteiger partial charge in [-0.3, -0.25) is 14.9 Å². The van der Waals surface area contributed by atoms with E-state index in [9.17, 15) is 14.9 Å². The van der Waals surface area contributed by atoms with Crippen molar-refractivity contribution in [2.45, 2.75) is 13.0 Å². The van der Waals surface area contributed by atoms with Crippen molar-refractivity contribution in [3.8, 4) is 5.69 Å². The van der Waals surface area contributed by atoms with Gasteiger partial charge < -0.3 is 5.32 Å². The number of hydrogen-bond acceptors (Lipinski definition) is 4. The number of carbonyl (C=O) groups excluding carboxylic acids is 1. The van der Waals surface area contributed by atoms with Crippen molar-refractivity contribution in [1.82, 2.24) is 15.1 Å². The molecule has 1 atom stereocenters. The van der Waals surface area contributed by atoms with E-state index in [2.05, 4.69) is 26.3 Å². The quantitative estimate of drug-likeness (QED) is 0.503. The Kier molecular flexibility index (Phi) is 5.13. The summed E-state index contributed by atoms with van der Waals surface area (Å²) in [6.45, 7) is 1.90. The molecule has 0 radical (unpaired) electrons. The first-order valence-corrected chi connectivity index (χ1v) is 8.60. The lowest BCUT2D eigenvalue weighted by molar-refractivity contribution is -0.384. The Morgan fingerprint density at radius 3 is 2.58 bits per heavy atom. The van der Waals surface area contributed by atoms with Crippen LogP contribution in [0.15, 0.2) is 65.4 Å². The van der Waals surface area contributed by atoms with Crippen molar-refractivity contribution < 1.29 is 9.72 Å². The van der Waals surface area contributed by atoms with Gasteiger partial charge in [0.05, 0.1) is 28.4 Å². The van der Waals surface area contributed by atoms with Gasteiger partial charge in [0, 0.05) is 22.8 Å². The number of hydrogen-bond donors (Lipinski definition) is 1. The molecule has 8 heteroatoms. The number of rotatable bonds is 5. The molecule has 0 spiro atoms. The van der Waals surface area contributed by atoms with E-state index in [1.165, 1.54) is 23.0 Å². The minimum atomic E-state index is -0.463. The van der Waals surface area contributed by atoms with E-state index in [4.69, 9.17) is 0 Å². The Balaban J connectivity index is 1.73. The zero-order valence-electron chi connectivity index (χ0n) is 13.8. The lowest BCUT2D eigenvalue weighted by Crippen LogP contribution is -2.26. The fourth-order valence-corrected chi connectivity index (χ4v) is 3.12. The fraction of sp³-hybridized carbons (Fsp3) is 0.111. The average molecular weight is 415 g/mol. The number of aromatic nitrogens is 2. The summed E-state index contributed by atoms with van der Waals surface area (Å²) in [5, 5.41) is 17.8. The van der Waals surface area contributed by atoms with Crippen molar-refractivity contribution in [3.63, 3.8) is 0 Å². The molecule has 0 bridgehead atoms. The normalized spacial score (nSPS) is 11.8. The second kappa shape index (κ2) is 7.49. The highest BCUT2D eigenvalue weighted by Gasteiger charge is 2.15. The predicted molar refractivity (Wildman–Crippen MR) is 100 cm³/mol. The zero-order valence-corrected chi connectivity index (χ0v) is 15.4. The first-order chi connectivity index (χ1) is 12.5. The van der Waals surface area contributed by atoms with E-state index < -0.39 is 4.92 Å². The van der Waals surface area contributed by atoms with Crippen molar-refractivity contribution in [2.24, 2.45) is 0 Å². The molecular formula is C18H15BrN4O3. The molecule has 0 saturated heterocycles. The van der Waals surface area contributed by atoms with E-state index in [1.54, 1.807) is 18.3 Å². The van der Waals surface area contributed by atoms with E-state index in [1.807, 2.05) is 31.2 Å². The summed E-state index contributed by atoms with van der Waals surface area (Å²) in [4.78, 5) is 22.7. The van der Waals surface area contributed by atoms with Gasteiger partial charge in [-0.05, 0) is 30.7 Å². The lowest BCUT2D eigenvalue weighted by Gasteiger charge is -2.15. The van der Waals surface area contributed by atoms with Crippen LogP contribution < -0.4 is 5.32 Å². The summed E-state index contributed by atoms with van der Waals surface area (Å²) in [5.41, 5.74) is 2.01. The van der Waals surface area contributed by atoms with Crippen LogP contribution in [-0.4, -0.2) is 20.6 Å². The van der Waals surface area contributed by atoms with Crippen molar-refractivity contribution in [3.05, 3.63) is 86.6 Å². The summed E-state index contributed by atoms with van der Waals surface area (Å²) < 4.78 is 2.43. The van der Waals surface area contributed by atoms with Gasteiger partial charge in [0.2, 0.25) is 0 Å². The Morgan fingerprint density at radius 1 is 1.23 bits per heavy atom. The number of nitro groups is 1. The number of nitro benzene ring substituents is 1. The van der Waals surface area contributed by atoms with E-state index in [-0.39, 0.29) is 17.6 Å². The highest BCUT2D eigenvalue weighted by Crippen LogP contribution is 2.23. The van der Waals surface area contributed by atoms with Crippen LogP contribution in [0.25, 0.3) is 5.69 Å². The maximum absolute atomic E-state index is 12.5. The number of carbonyl (C=O) groups is 1. The number of non-ortho nitro benzene ring substituents is 1.